The molecular weight excluding hydrogens is 316 g/mol. The monoisotopic (exact) mass is 346 g/mol. The summed E-state index contributed by atoms with van der Waals surface area (Å²) in [5, 5.41) is 6.18. The molecule has 2 atom stereocenters. The summed E-state index contributed by atoms with van der Waals surface area (Å²) in [7, 11) is 1.74. The number of amides is 2. The molecule has 6 heteroatoms. The van der Waals surface area contributed by atoms with Crippen LogP contribution >= 0.6 is 0 Å². The van der Waals surface area contributed by atoms with E-state index in [-0.39, 0.29) is 12.1 Å². The number of hydrogen-bond donors (Lipinski definition) is 2. The molecule has 0 bridgehead atoms. The van der Waals surface area contributed by atoms with Gasteiger partial charge in [-0.25, -0.2) is 4.79 Å². The van der Waals surface area contributed by atoms with Gasteiger partial charge in [0, 0.05) is 51.6 Å². The van der Waals surface area contributed by atoms with E-state index in [0.717, 1.165) is 58.7 Å². The molecule has 2 saturated heterocycles. The SMILES string of the molecule is COCCN1CC[C@H](CNC(=O)N[C@@H]2CCN(c3ccccc3)C2)C1. The van der Waals surface area contributed by atoms with Crippen LogP contribution in [0.1, 0.15) is 12.8 Å². The van der Waals surface area contributed by atoms with Crippen molar-refractivity contribution in [1.29, 1.82) is 0 Å². The highest BCUT2D eigenvalue weighted by Crippen LogP contribution is 2.19. The Bertz CT molecular complexity index is 539. The van der Waals surface area contributed by atoms with Crippen LogP contribution in [-0.2, 0) is 4.74 Å². The summed E-state index contributed by atoms with van der Waals surface area (Å²) in [6, 6.07) is 10.6. The summed E-state index contributed by atoms with van der Waals surface area (Å²) in [6.45, 7) is 6.54. The second-order valence-electron chi connectivity index (χ2n) is 7.07. The predicted molar refractivity (Wildman–Crippen MR) is 100 cm³/mol. The first-order valence-corrected chi connectivity index (χ1v) is 9.30. The number of nitrogens with one attached hydrogen (secondary N) is 2. The average molecular weight is 346 g/mol. The molecule has 0 unspecified atom stereocenters. The molecule has 2 aliphatic rings. The van der Waals surface area contributed by atoms with Gasteiger partial charge in [0.15, 0.2) is 0 Å². The highest BCUT2D eigenvalue weighted by molar-refractivity contribution is 5.74. The Labute approximate surface area is 150 Å². The number of methoxy groups -OCH3 is 1. The van der Waals surface area contributed by atoms with E-state index < -0.39 is 0 Å². The smallest absolute Gasteiger partial charge is 0.315 e. The maximum absolute atomic E-state index is 12.2. The van der Waals surface area contributed by atoms with E-state index in [1.807, 2.05) is 6.07 Å². The fourth-order valence-electron chi connectivity index (χ4n) is 3.73. The first-order valence-electron chi connectivity index (χ1n) is 9.30. The van der Waals surface area contributed by atoms with Gasteiger partial charge in [-0.2, -0.15) is 0 Å². The zero-order valence-corrected chi connectivity index (χ0v) is 15.1. The molecule has 138 valence electrons. The third-order valence-corrected chi connectivity index (χ3v) is 5.18. The molecule has 2 heterocycles. The molecule has 0 radical (unpaired) electrons. The number of hydrogen-bond acceptors (Lipinski definition) is 4. The zero-order chi connectivity index (χ0) is 17.5. The van der Waals surface area contributed by atoms with Gasteiger partial charge in [-0.3, -0.25) is 0 Å². The molecular formula is C19H30N4O2. The van der Waals surface area contributed by atoms with Gasteiger partial charge in [0.1, 0.15) is 0 Å². The maximum Gasteiger partial charge on any atom is 0.315 e. The highest BCUT2D eigenvalue weighted by atomic mass is 16.5. The first-order chi connectivity index (χ1) is 12.2. The van der Waals surface area contributed by atoms with Gasteiger partial charge in [0.05, 0.1) is 6.61 Å². The Morgan fingerprint density at radius 2 is 2.04 bits per heavy atom. The summed E-state index contributed by atoms with van der Waals surface area (Å²) >= 11 is 0. The number of anilines is 1. The summed E-state index contributed by atoms with van der Waals surface area (Å²) in [4.78, 5) is 16.9. The first kappa shape index (κ1) is 18.0. The molecule has 2 aliphatic heterocycles. The summed E-state index contributed by atoms with van der Waals surface area (Å²) in [6.07, 6.45) is 2.14. The minimum absolute atomic E-state index is 0.0322. The summed E-state index contributed by atoms with van der Waals surface area (Å²) in [5.41, 5.74) is 1.23. The Hall–Kier alpha value is -1.79. The normalized spacial score (nSPS) is 23.8. The summed E-state index contributed by atoms with van der Waals surface area (Å²) in [5.74, 6) is 0.548. The van der Waals surface area contributed by atoms with Crippen LogP contribution in [0, 0.1) is 5.92 Å². The van der Waals surface area contributed by atoms with Gasteiger partial charge in [-0.1, -0.05) is 18.2 Å². The van der Waals surface area contributed by atoms with E-state index in [9.17, 15) is 4.79 Å². The molecule has 0 aliphatic carbocycles. The van der Waals surface area contributed by atoms with Crippen molar-refractivity contribution in [2.24, 2.45) is 5.92 Å². The topological polar surface area (TPSA) is 56.8 Å². The number of likely N-dealkylation sites (tertiary alicyclic amines) is 1. The minimum atomic E-state index is -0.0322. The maximum atomic E-state index is 12.2. The van der Waals surface area contributed by atoms with Crippen LogP contribution < -0.4 is 15.5 Å². The molecule has 2 fully saturated rings. The van der Waals surface area contributed by atoms with E-state index in [0.29, 0.717) is 5.92 Å². The fraction of sp³-hybridized carbons (Fsp3) is 0.632. The van der Waals surface area contributed by atoms with Crippen LogP contribution in [0.4, 0.5) is 10.5 Å². The second kappa shape index (κ2) is 9.06. The van der Waals surface area contributed by atoms with Crippen LogP contribution in [0.5, 0.6) is 0 Å². The van der Waals surface area contributed by atoms with E-state index in [2.05, 4.69) is 44.7 Å². The lowest BCUT2D eigenvalue weighted by Crippen LogP contribution is -2.45. The predicted octanol–water partition coefficient (Wildman–Crippen LogP) is 1.53. The van der Waals surface area contributed by atoms with Crippen molar-refractivity contribution < 1.29 is 9.53 Å². The van der Waals surface area contributed by atoms with Crippen LogP contribution in [-0.4, -0.2) is 70.0 Å². The van der Waals surface area contributed by atoms with Crippen molar-refractivity contribution in [3.05, 3.63) is 30.3 Å². The van der Waals surface area contributed by atoms with Gasteiger partial charge < -0.3 is 25.2 Å². The number of carbonyl (C=O) groups excluding carboxylic acids is 1. The van der Waals surface area contributed by atoms with E-state index >= 15 is 0 Å². The van der Waals surface area contributed by atoms with Gasteiger partial charge in [0.2, 0.25) is 0 Å². The molecule has 0 aromatic heterocycles. The zero-order valence-electron chi connectivity index (χ0n) is 15.1. The number of nitrogens with zero attached hydrogens (tertiary/aromatic N) is 2. The largest absolute Gasteiger partial charge is 0.383 e. The van der Waals surface area contributed by atoms with Crippen molar-refractivity contribution >= 4 is 11.7 Å². The molecule has 3 rings (SSSR count). The third kappa shape index (κ3) is 5.34. The van der Waals surface area contributed by atoms with Crippen molar-refractivity contribution in [2.45, 2.75) is 18.9 Å². The van der Waals surface area contributed by atoms with Gasteiger partial charge in [-0.15, -0.1) is 0 Å². The number of carbonyl (C=O) groups is 1. The van der Waals surface area contributed by atoms with Gasteiger partial charge in [-0.05, 0) is 37.4 Å². The molecule has 2 amide bonds. The lowest BCUT2D eigenvalue weighted by Gasteiger charge is -2.19. The number of rotatable bonds is 7. The average Bonchev–Trinajstić information content (AvgIpc) is 3.28. The van der Waals surface area contributed by atoms with Crippen LogP contribution in [0.3, 0.4) is 0 Å². The minimum Gasteiger partial charge on any atom is -0.383 e. The molecule has 1 aromatic rings. The lowest BCUT2D eigenvalue weighted by molar-refractivity contribution is 0.159. The Morgan fingerprint density at radius 1 is 1.20 bits per heavy atom. The van der Waals surface area contributed by atoms with Crippen molar-refractivity contribution in [3.63, 3.8) is 0 Å². The van der Waals surface area contributed by atoms with Crippen molar-refractivity contribution in [2.75, 3.05) is 57.9 Å². The van der Waals surface area contributed by atoms with Crippen LogP contribution in [0.25, 0.3) is 0 Å². The molecule has 6 nitrogen and oxygen atoms in total. The Morgan fingerprint density at radius 3 is 2.84 bits per heavy atom. The fourth-order valence-corrected chi connectivity index (χ4v) is 3.73. The summed E-state index contributed by atoms with van der Waals surface area (Å²) < 4.78 is 5.13. The van der Waals surface area contributed by atoms with Gasteiger partial charge in [0.25, 0.3) is 0 Å². The van der Waals surface area contributed by atoms with Gasteiger partial charge >= 0.3 is 6.03 Å². The number of para-hydroxylation sites is 1. The van der Waals surface area contributed by atoms with Crippen molar-refractivity contribution in [3.8, 4) is 0 Å². The quantitative estimate of drug-likeness (QED) is 0.786. The van der Waals surface area contributed by atoms with E-state index in [1.165, 1.54) is 5.69 Å². The number of urea groups is 1. The number of benzene rings is 1. The molecule has 0 saturated carbocycles. The third-order valence-electron chi connectivity index (χ3n) is 5.18. The van der Waals surface area contributed by atoms with E-state index in [4.69, 9.17) is 4.74 Å². The Kier molecular flexibility index (Phi) is 6.53. The number of ether oxygens (including phenoxy) is 1. The van der Waals surface area contributed by atoms with Crippen LogP contribution in [0.2, 0.25) is 0 Å². The van der Waals surface area contributed by atoms with Crippen LogP contribution in [0.15, 0.2) is 30.3 Å². The standard InChI is InChI=1S/C19H30N4O2/c1-25-12-11-22-9-7-16(14-22)13-20-19(24)21-17-8-10-23(15-17)18-5-3-2-4-6-18/h2-6,16-17H,7-15H2,1H3,(H2,20,21,24)/t16-,17-/m1/s1. The lowest BCUT2D eigenvalue weighted by atomic mass is 10.1. The second-order valence-corrected chi connectivity index (χ2v) is 7.07. The van der Waals surface area contributed by atoms with E-state index in [1.54, 1.807) is 7.11 Å². The molecule has 0 spiro atoms. The Balaban J connectivity index is 1.34. The molecule has 2 N–H and O–H groups in total. The van der Waals surface area contributed by atoms with Crippen molar-refractivity contribution in [1.82, 2.24) is 15.5 Å². The molecule has 1 aromatic carbocycles. The highest BCUT2D eigenvalue weighted by Gasteiger charge is 2.25. The molecule has 25 heavy (non-hydrogen) atoms.